The third-order valence-electron chi connectivity index (χ3n) is 5.33. The number of carbonyl (C=O) groups is 1. The third kappa shape index (κ3) is 7.07. The molecule has 0 saturated carbocycles. The molecule has 0 spiro atoms. The highest BCUT2D eigenvalue weighted by Gasteiger charge is 2.55. The molecule has 204 valence electrons. The highest BCUT2D eigenvalue weighted by Crippen LogP contribution is 2.47. The molecule has 15 heteroatoms. The molecule has 3 rings (SSSR count). The molecule has 1 aromatic heterocycles. The zero-order valence-corrected chi connectivity index (χ0v) is 22.1. The van der Waals surface area contributed by atoms with E-state index >= 15 is 4.39 Å². The maximum atomic E-state index is 15.5. The zero-order valence-electron chi connectivity index (χ0n) is 20.4. The van der Waals surface area contributed by atoms with E-state index in [1.54, 1.807) is 13.8 Å². The van der Waals surface area contributed by atoms with Crippen molar-refractivity contribution in [2.45, 2.75) is 63.9 Å². The van der Waals surface area contributed by atoms with E-state index in [1.165, 1.54) is 31.2 Å². The molecule has 6 atom stereocenters. The van der Waals surface area contributed by atoms with E-state index in [4.69, 9.17) is 30.1 Å². The number of aliphatic hydroxyl groups excluding tert-OH is 1. The van der Waals surface area contributed by atoms with Gasteiger partial charge in [-0.1, -0.05) is 11.6 Å². The predicted octanol–water partition coefficient (Wildman–Crippen LogP) is 2.31. The predicted molar refractivity (Wildman–Crippen MR) is 130 cm³/mol. The lowest BCUT2D eigenvalue weighted by Gasteiger charge is -2.25. The van der Waals surface area contributed by atoms with Gasteiger partial charge in [0.15, 0.2) is 11.9 Å². The third-order valence-corrected chi connectivity index (χ3v) is 7.22. The van der Waals surface area contributed by atoms with E-state index in [9.17, 15) is 24.1 Å². The van der Waals surface area contributed by atoms with Crippen LogP contribution in [0, 0.1) is 0 Å². The van der Waals surface area contributed by atoms with Gasteiger partial charge in [-0.05, 0) is 52.0 Å². The Balaban J connectivity index is 1.81. The van der Waals surface area contributed by atoms with Crippen molar-refractivity contribution in [1.82, 2.24) is 14.6 Å². The molecule has 0 radical (unpaired) electrons. The van der Waals surface area contributed by atoms with Crippen molar-refractivity contribution in [1.29, 1.82) is 0 Å². The van der Waals surface area contributed by atoms with Gasteiger partial charge < -0.3 is 19.1 Å². The summed E-state index contributed by atoms with van der Waals surface area (Å²) in [6.07, 6.45) is -4.29. The number of aliphatic hydroxyl groups is 1. The number of nitrogens with one attached hydrogen (secondary N) is 2. The van der Waals surface area contributed by atoms with Crippen LogP contribution in [-0.2, 0) is 23.4 Å². The van der Waals surface area contributed by atoms with Crippen LogP contribution in [0.1, 0.15) is 33.9 Å². The van der Waals surface area contributed by atoms with Crippen molar-refractivity contribution in [3.05, 3.63) is 62.4 Å². The molecule has 2 unspecified atom stereocenters. The summed E-state index contributed by atoms with van der Waals surface area (Å²) in [6, 6.07) is 5.62. The summed E-state index contributed by atoms with van der Waals surface area (Å²) in [4.78, 5) is 37.8. The van der Waals surface area contributed by atoms with Crippen LogP contribution in [0.15, 0.2) is 46.1 Å². The number of hydrogen-bond acceptors (Lipinski definition) is 9. The molecule has 12 nitrogen and oxygen atoms in total. The fraction of sp³-hybridized carbons (Fsp3) is 0.500. The smallest absolute Gasteiger partial charge is 0.459 e. The van der Waals surface area contributed by atoms with Crippen LogP contribution in [0.25, 0.3) is 0 Å². The summed E-state index contributed by atoms with van der Waals surface area (Å²) in [5.41, 5.74) is -4.15. The van der Waals surface area contributed by atoms with Crippen molar-refractivity contribution < 1.29 is 37.4 Å². The largest absolute Gasteiger partial charge is 0.462 e. The molecule has 2 aromatic rings. The highest BCUT2D eigenvalue weighted by molar-refractivity contribution is 7.52. The molecule has 1 aromatic carbocycles. The number of hydrogen-bond donors (Lipinski definition) is 3. The Hall–Kier alpha value is -2.54. The number of aromatic nitrogens is 2. The second-order valence-corrected chi connectivity index (χ2v) is 10.9. The second kappa shape index (κ2) is 11.5. The quantitative estimate of drug-likeness (QED) is 0.289. The van der Waals surface area contributed by atoms with Crippen molar-refractivity contribution in [2.24, 2.45) is 0 Å². The summed E-state index contributed by atoms with van der Waals surface area (Å²) in [6.45, 7) is 5.00. The zero-order chi connectivity index (χ0) is 27.5. The first-order chi connectivity index (χ1) is 17.2. The summed E-state index contributed by atoms with van der Waals surface area (Å²) in [5.74, 6) is -0.657. The summed E-state index contributed by atoms with van der Waals surface area (Å²) in [7, 11) is -4.36. The minimum absolute atomic E-state index is 0.0746. The molecule has 1 saturated heterocycles. The van der Waals surface area contributed by atoms with Crippen LogP contribution in [0.3, 0.4) is 0 Å². The van der Waals surface area contributed by atoms with Crippen LogP contribution in [-0.4, -0.2) is 57.3 Å². The molecule has 1 fully saturated rings. The lowest BCUT2D eigenvalue weighted by Crippen LogP contribution is -2.43. The Morgan fingerprint density at radius 3 is 2.54 bits per heavy atom. The first kappa shape index (κ1) is 29.0. The molecule has 1 aliphatic heterocycles. The van der Waals surface area contributed by atoms with Gasteiger partial charge in [-0.3, -0.25) is 23.7 Å². The average molecular weight is 564 g/mol. The monoisotopic (exact) mass is 563 g/mol. The van der Waals surface area contributed by atoms with E-state index < -0.39 is 67.8 Å². The van der Waals surface area contributed by atoms with E-state index in [0.29, 0.717) is 5.02 Å². The van der Waals surface area contributed by atoms with Crippen molar-refractivity contribution in [3.63, 3.8) is 0 Å². The number of halogens is 2. The van der Waals surface area contributed by atoms with Gasteiger partial charge in [0, 0.05) is 17.3 Å². The summed E-state index contributed by atoms with van der Waals surface area (Å²) in [5, 5.41) is 13.4. The average Bonchev–Trinajstić information content (AvgIpc) is 3.02. The van der Waals surface area contributed by atoms with Crippen LogP contribution >= 0.6 is 19.3 Å². The molecule has 0 amide bonds. The second-order valence-electron chi connectivity index (χ2n) is 8.82. The Kier molecular flexibility index (Phi) is 8.99. The number of esters is 1. The standard InChI is InChI=1S/C22H28ClFN3O9P/c1-12(2)34-19(30)13(3)26-37(32,36-15-7-5-14(23)6-8-15)33-11-16-18(29)22(4,24)20(35-16)27-10-9-17(28)25-21(27)31/h5-10,12-13,16,18,20,29H,11H2,1-4H3,(H,26,32)(H,25,28,31)/t13-,16+,18?,20+,22+,37?/m0/s1. The first-order valence-corrected chi connectivity index (χ1v) is 13.2. The van der Waals surface area contributed by atoms with Crippen molar-refractivity contribution in [3.8, 4) is 5.75 Å². The van der Waals surface area contributed by atoms with E-state index in [-0.39, 0.29) is 5.75 Å². The summed E-state index contributed by atoms with van der Waals surface area (Å²) < 4.78 is 51.4. The normalized spacial score (nSPS) is 26.0. The molecule has 2 heterocycles. The summed E-state index contributed by atoms with van der Waals surface area (Å²) >= 11 is 5.87. The number of alkyl halides is 1. The number of carbonyl (C=O) groups excluding carboxylic acids is 1. The SMILES string of the molecule is CC(C)OC(=O)[C@H](C)NP(=O)(OC[C@H]1O[C@@H](n2ccc(=O)[nH]c2=O)[C@](C)(F)C1O)Oc1ccc(Cl)cc1. The number of nitrogens with zero attached hydrogens (tertiary/aromatic N) is 1. The molecular weight excluding hydrogens is 536 g/mol. The van der Waals surface area contributed by atoms with E-state index in [1.807, 2.05) is 4.98 Å². The number of aromatic amines is 1. The Bertz CT molecular complexity index is 1270. The van der Waals surface area contributed by atoms with Gasteiger partial charge >= 0.3 is 19.4 Å². The lowest BCUT2D eigenvalue weighted by molar-refractivity contribution is -0.149. The molecule has 3 N–H and O–H groups in total. The lowest BCUT2D eigenvalue weighted by atomic mass is 9.98. The number of H-pyrrole nitrogens is 1. The van der Waals surface area contributed by atoms with Gasteiger partial charge in [0.1, 0.15) is 24.0 Å². The van der Waals surface area contributed by atoms with Gasteiger partial charge in [-0.15, -0.1) is 0 Å². The van der Waals surface area contributed by atoms with Gasteiger partial charge in [0.2, 0.25) is 0 Å². The minimum Gasteiger partial charge on any atom is -0.462 e. The van der Waals surface area contributed by atoms with Crippen molar-refractivity contribution in [2.75, 3.05) is 6.61 Å². The number of benzene rings is 1. The molecule has 37 heavy (non-hydrogen) atoms. The molecule has 0 bridgehead atoms. The Morgan fingerprint density at radius 1 is 1.30 bits per heavy atom. The van der Waals surface area contributed by atoms with Gasteiger partial charge in [-0.25, -0.2) is 13.8 Å². The van der Waals surface area contributed by atoms with Crippen molar-refractivity contribution >= 4 is 25.3 Å². The molecule has 1 aliphatic rings. The Morgan fingerprint density at radius 2 is 1.95 bits per heavy atom. The molecular formula is C22H28ClFN3O9P. The minimum atomic E-state index is -4.36. The highest BCUT2D eigenvalue weighted by atomic mass is 35.5. The topological polar surface area (TPSA) is 158 Å². The van der Waals surface area contributed by atoms with Gasteiger partial charge in [0.05, 0.1) is 12.7 Å². The van der Waals surface area contributed by atoms with Gasteiger partial charge in [-0.2, -0.15) is 5.09 Å². The van der Waals surface area contributed by atoms with E-state index in [2.05, 4.69) is 5.09 Å². The Labute approximate surface area is 216 Å². The first-order valence-electron chi connectivity index (χ1n) is 11.2. The number of rotatable bonds is 10. The van der Waals surface area contributed by atoms with E-state index in [0.717, 1.165) is 23.8 Å². The number of ether oxygens (including phenoxy) is 2. The van der Waals surface area contributed by atoms with Crippen LogP contribution in [0.4, 0.5) is 4.39 Å². The maximum absolute atomic E-state index is 15.5. The van der Waals surface area contributed by atoms with Crippen LogP contribution in [0.5, 0.6) is 5.75 Å². The fourth-order valence-electron chi connectivity index (χ4n) is 3.48. The van der Waals surface area contributed by atoms with Crippen LogP contribution < -0.4 is 20.9 Å². The van der Waals surface area contributed by atoms with Crippen LogP contribution in [0.2, 0.25) is 5.02 Å². The molecule has 0 aliphatic carbocycles. The fourth-order valence-corrected chi connectivity index (χ4v) is 5.11. The maximum Gasteiger partial charge on any atom is 0.459 e. The van der Waals surface area contributed by atoms with Gasteiger partial charge in [0.25, 0.3) is 5.56 Å².